The van der Waals surface area contributed by atoms with Gasteiger partial charge in [-0.3, -0.25) is 9.59 Å². The van der Waals surface area contributed by atoms with Crippen LogP contribution in [-0.4, -0.2) is 47.0 Å². The summed E-state index contributed by atoms with van der Waals surface area (Å²) in [4.78, 5) is 33.2. The SMILES string of the molecule is CSCC[C@@H](NC(=O)C(C)NC(C)=O)C(=O)O. The summed E-state index contributed by atoms with van der Waals surface area (Å²) in [7, 11) is 0. The second kappa shape index (κ2) is 7.94. The first-order valence-electron chi connectivity index (χ1n) is 5.17. The fourth-order valence-corrected chi connectivity index (χ4v) is 1.63. The van der Waals surface area contributed by atoms with Crippen molar-refractivity contribution in [3.8, 4) is 0 Å². The highest BCUT2D eigenvalue weighted by molar-refractivity contribution is 7.98. The maximum atomic E-state index is 11.6. The van der Waals surface area contributed by atoms with E-state index in [0.29, 0.717) is 12.2 Å². The van der Waals surface area contributed by atoms with E-state index in [1.165, 1.54) is 25.6 Å². The van der Waals surface area contributed by atoms with E-state index in [1.54, 1.807) is 0 Å². The van der Waals surface area contributed by atoms with Crippen LogP contribution in [-0.2, 0) is 14.4 Å². The lowest BCUT2D eigenvalue weighted by Gasteiger charge is -2.17. The van der Waals surface area contributed by atoms with Crippen LogP contribution < -0.4 is 10.6 Å². The monoisotopic (exact) mass is 262 g/mol. The third-order valence-corrected chi connectivity index (χ3v) is 2.68. The van der Waals surface area contributed by atoms with Crippen molar-refractivity contribution in [1.29, 1.82) is 0 Å². The van der Waals surface area contributed by atoms with Gasteiger partial charge in [-0.25, -0.2) is 4.79 Å². The zero-order chi connectivity index (χ0) is 13.4. The zero-order valence-electron chi connectivity index (χ0n) is 10.1. The van der Waals surface area contributed by atoms with Crippen LogP contribution in [0, 0.1) is 0 Å². The highest BCUT2D eigenvalue weighted by atomic mass is 32.2. The molecular formula is C10H18N2O4S. The number of amides is 2. The number of aliphatic carboxylic acids is 1. The molecule has 0 radical (unpaired) electrons. The molecular weight excluding hydrogens is 244 g/mol. The van der Waals surface area contributed by atoms with E-state index in [-0.39, 0.29) is 5.91 Å². The minimum absolute atomic E-state index is 0.330. The Hall–Kier alpha value is -1.24. The number of carbonyl (C=O) groups is 3. The molecule has 0 spiro atoms. The van der Waals surface area contributed by atoms with Gasteiger partial charge in [-0.1, -0.05) is 0 Å². The van der Waals surface area contributed by atoms with Crippen LogP contribution in [0.1, 0.15) is 20.3 Å². The number of carbonyl (C=O) groups excluding carboxylic acids is 2. The molecule has 1 unspecified atom stereocenters. The van der Waals surface area contributed by atoms with Crippen molar-refractivity contribution in [2.45, 2.75) is 32.4 Å². The molecule has 0 heterocycles. The van der Waals surface area contributed by atoms with E-state index in [4.69, 9.17) is 5.11 Å². The van der Waals surface area contributed by atoms with E-state index in [9.17, 15) is 14.4 Å². The van der Waals surface area contributed by atoms with Gasteiger partial charge in [-0.05, 0) is 25.4 Å². The summed E-state index contributed by atoms with van der Waals surface area (Å²) in [6, 6.07) is -1.64. The molecule has 0 aromatic heterocycles. The van der Waals surface area contributed by atoms with Crippen LogP contribution in [0.3, 0.4) is 0 Å². The Morgan fingerprint density at radius 1 is 1.29 bits per heavy atom. The maximum Gasteiger partial charge on any atom is 0.326 e. The van der Waals surface area contributed by atoms with Gasteiger partial charge in [-0.15, -0.1) is 0 Å². The number of thioether (sulfide) groups is 1. The van der Waals surface area contributed by atoms with Crippen LogP contribution in [0.4, 0.5) is 0 Å². The molecule has 17 heavy (non-hydrogen) atoms. The van der Waals surface area contributed by atoms with Crippen molar-refractivity contribution in [2.24, 2.45) is 0 Å². The Labute approximate surface area is 105 Å². The molecule has 3 N–H and O–H groups in total. The summed E-state index contributed by atoms with van der Waals surface area (Å²) >= 11 is 1.51. The van der Waals surface area contributed by atoms with Gasteiger partial charge < -0.3 is 15.7 Å². The number of hydrogen-bond donors (Lipinski definition) is 3. The molecule has 6 nitrogen and oxygen atoms in total. The van der Waals surface area contributed by atoms with Gasteiger partial charge in [0.1, 0.15) is 12.1 Å². The molecule has 2 amide bonds. The summed E-state index contributed by atoms with van der Waals surface area (Å²) in [6.07, 6.45) is 2.22. The van der Waals surface area contributed by atoms with E-state index in [0.717, 1.165) is 0 Å². The smallest absolute Gasteiger partial charge is 0.326 e. The van der Waals surface area contributed by atoms with E-state index in [2.05, 4.69) is 10.6 Å². The summed E-state index contributed by atoms with van der Waals surface area (Å²) in [6.45, 7) is 2.80. The summed E-state index contributed by atoms with van der Waals surface area (Å²) in [5.74, 6) is -1.24. The van der Waals surface area contributed by atoms with Crippen LogP contribution in [0.2, 0.25) is 0 Å². The lowest BCUT2D eigenvalue weighted by Crippen LogP contribution is -2.50. The van der Waals surface area contributed by atoms with Crippen molar-refractivity contribution in [3.05, 3.63) is 0 Å². The van der Waals surface area contributed by atoms with E-state index < -0.39 is 24.0 Å². The Kier molecular flexibility index (Phi) is 7.36. The number of rotatable bonds is 7. The second-order valence-corrected chi connectivity index (χ2v) is 4.59. The van der Waals surface area contributed by atoms with Crippen LogP contribution in [0.5, 0.6) is 0 Å². The molecule has 0 fully saturated rings. The normalized spacial score (nSPS) is 13.6. The van der Waals surface area contributed by atoms with E-state index >= 15 is 0 Å². The van der Waals surface area contributed by atoms with Gasteiger partial charge in [0.05, 0.1) is 0 Å². The minimum atomic E-state index is -1.07. The molecule has 0 bridgehead atoms. The quantitative estimate of drug-likeness (QED) is 0.592. The summed E-state index contributed by atoms with van der Waals surface area (Å²) < 4.78 is 0. The fourth-order valence-electron chi connectivity index (χ4n) is 1.16. The lowest BCUT2D eigenvalue weighted by atomic mass is 10.2. The number of hydrogen-bond acceptors (Lipinski definition) is 4. The molecule has 2 atom stereocenters. The maximum absolute atomic E-state index is 11.6. The molecule has 0 aliphatic rings. The van der Waals surface area contributed by atoms with Crippen LogP contribution in [0.25, 0.3) is 0 Å². The molecule has 0 rings (SSSR count). The molecule has 0 saturated carbocycles. The first-order valence-corrected chi connectivity index (χ1v) is 6.57. The van der Waals surface area contributed by atoms with Crippen molar-refractivity contribution in [3.63, 3.8) is 0 Å². The summed E-state index contributed by atoms with van der Waals surface area (Å²) in [5.41, 5.74) is 0. The van der Waals surface area contributed by atoms with E-state index in [1.807, 2.05) is 6.26 Å². The van der Waals surface area contributed by atoms with Gasteiger partial charge in [0.2, 0.25) is 11.8 Å². The minimum Gasteiger partial charge on any atom is -0.480 e. The van der Waals surface area contributed by atoms with Crippen molar-refractivity contribution < 1.29 is 19.5 Å². The first-order chi connectivity index (χ1) is 7.88. The third-order valence-electron chi connectivity index (χ3n) is 2.04. The molecule has 0 saturated heterocycles. The predicted octanol–water partition coefficient (Wildman–Crippen LogP) is -0.166. The lowest BCUT2D eigenvalue weighted by molar-refractivity contribution is -0.142. The zero-order valence-corrected chi connectivity index (χ0v) is 11.0. The fraction of sp³-hybridized carbons (Fsp3) is 0.700. The van der Waals surface area contributed by atoms with Crippen molar-refractivity contribution >= 4 is 29.5 Å². The van der Waals surface area contributed by atoms with Crippen molar-refractivity contribution in [2.75, 3.05) is 12.0 Å². The van der Waals surface area contributed by atoms with Crippen molar-refractivity contribution in [1.82, 2.24) is 10.6 Å². The van der Waals surface area contributed by atoms with Gasteiger partial charge >= 0.3 is 5.97 Å². The molecule has 0 aliphatic heterocycles. The van der Waals surface area contributed by atoms with Gasteiger partial charge in [0.15, 0.2) is 0 Å². The second-order valence-electron chi connectivity index (χ2n) is 3.60. The Morgan fingerprint density at radius 2 is 1.88 bits per heavy atom. The highest BCUT2D eigenvalue weighted by Gasteiger charge is 2.22. The Bertz CT molecular complexity index is 296. The topological polar surface area (TPSA) is 95.5 Å². The highest BCUT2D eigenvalue weighted by Crippen LogP contribution is 2.01. The molecule has 98 valence electrons. The standard InChI is InChI=1S/C10H18N2O4S/c1-6(11-7(2)13)9(14)12-8(10(15)16)4-5-17-3/h6,8H,4-5H2,1-3H3,(H,11,13)(H,12,14)(H,15,16)/t6?,8-/m1/s1. The number of nitrogens with one attached hydrogen (secondary N) is 2. The Morgan fingerprint density at radius 3 is 2.29 bits per heavy atom. The van der Waals surface area contributed by atoms with Crippen LogP contribution in [0.15, 0.2) is 0 Å². The summed E-state index contributed by atoms with van der Waals surface area (Å²) in [5, 5.41) is 13.7. The first kappa shape index (κ1) is 15.8. The van der Waals surface area contributed by atoms with Crippen LogP contribution >= 0.6 is 11.8 Å². The predicted molar refractivity (Wildman–Crippen MR) is 65.8 cm³/mol. The molecule has 0 aromatic rings. The largest absolute Gasteiger partial charge is 0.480 e. The molecule has 0 aromatic carbocycles. The van der Waals surface area contributed by atoms with Gasteiger partial charge in [0, 0.05) is 6.92 Å². The number of carboxylic acids is 1. The number of carboxylic acid groups (broad SMARTS) is 1. The average molecular weight is 262 g/mol. The van der Waals surface area contributed by atoms with Gasteiger partial charge in [0.25, 0.3) is 0 Å². The third kappa shape index (κ3) is 6.83. The van der Waals surface area contributed by atoms with Gasteiger partial charge in [-0.2, -0.15) is 11.8 Å². The molecule has 0 aliphatic carbocycles. The average Bonchev–Trinajstić information content (AvgIpc) is 2.22. The Balaban J connectivity index is 4.29. The molecule has 7 heteroatoms.